The molecule has 2 aromatic heterocycles. The second-order valence-electron chi connectivity index (χ2n) is 6.74. The highest BCUT2D eigenvalue weighted by Crippen LogP contribution is 2.38. The van der Waals surface area contributed by atoms with Crippen molar-refractivity contribution in [2.24, 2.45) is 0 Å². The van der Waals surface area contributed by atoms with E-state index in [4.69, 9.17) is 18.9 Å². The number of nitrogens with one attached hydrogen (secondary N) is 1. The number of fused-ring (bicyclic) bond motifs is 1. The molecule has 31 heavy (non-hydrogen) atoms. The maximum atomic E-state index is 5.44. The van der Waals surface area contributed by atoms with E-state index in [2.05, 4.69) is 15.4 Å². The van der Waals surface area contributed by atoms with Gasteiger partial charge in [-0.25, -0.2) is 4.98 Å². The average Bonchev–Trinajstić information content (AvgIpc) is 3.26. The second-order valence-corrected chi connectivity index (χ2v) is 6.74. The van der Waals surface area contributed by atoms with Gasteiger partial charge in [0.15, 0.2) is 17.1 Å². The number of methoxy groups -OCH3 is 4. The van der Waals surface area contributed by atoms with E-state index < -0.39 is 0 Å². The first-order chi connectivity index (χ1) is 15.2. The minimum atomic E-state index is 0.532. The average molecular weight is 420 g/mol. The maximum absolute atomic E-state index is 5.44. The van der Waals surface area contributed by atoms with Crippen LogP contribution in [0.1, 0.15) is 5.56 Å². The molecule has 0 fully saturated rings. The van der Waals surface area contributed by atoms with Gasteiger partial charge in [-0.1, -0.05) is 12.1 Å². The largest absolute Gasteiger partial charge is 0.497 e. The third-order valence-corrected chi connectivity index (χ3v) is 4.98. The predicted octanol–water partition coefficient (Wildman–Crippen LogP) is 4.04. The Morgan fingerprint density at radius 3 is 2.35 bits per heavy atom. The fourth-order valence-corrected chi connectivity index (χ4v) is 3.45. The Balaban J connectivity index is 1.64. The number of hydrogen-bond donors (Lipinski definition) is 1. The Labute approximate surface area is 180 Å². The number of aromatic nitrogens is 3. The summed E-state index contributed by atoms with van der Waals surface area (Å²) >= 11 is 0. The van der Waals surface area contributed by atoms with Gasteiger partial charge in [0.2, 0.25) is 5.75 Å². The highest BCUT2D eigenvalue weighted by molar-refractivity contribution is 5.78. The number of nitrogens with zero attached hydrogens (tertiary/aromatic N) is 3. The highest BCUT2D eigenvalue weighted by atomic mass is 16.5. The van der Waals surface area contributed by atoms with Crippen molar-refractivity contribution in [2.45, 2.75) is 6.54 Å². The summed E-state index contributed by atoms with van der Waals surface area (Å²) < 4.78 is 23.4. The van der Waals surface area contributed by atoms with Gasteiger partial charge in [-0.3, -0.25) is 0 Å². The lowest BCUT2D eigenvalue weighted by Crippen LogP contribution is -2.06. The Bertz CT molecular complexity index is 1180. The minimum absolute atomic E-state index is 0.532. The molecule has 0 atom stereocenters. The normalized spacial score (nSPS) is 10.7. The highest BCUT2D eigenvalue weighted by Gasteiger charge is 2.14. The van der Waals surface area contributed by atoms with Crippen molar-refractivity contribution in [1.29, 1.82) is 0 Å². The van der Waals surface area contributed by atoms with Gasteiger partial charge in [0.25, 0.3) is 0 Å². The summed E-state index contributed by atoms with van der Waals surface area (Å²) in [6.45, 7) is 0.532. The zero-order chi connectivity index (χ0) is 21.8. The van der Waals surface area contributed by atoms with E-state index in [-0.39, 0.29) is 0 Å². The Morgan fingerprint density at radius 2 is 1.68 bits per heavy atom. The van der Waals surface area contributed by atoms with Gasteiger partial charge < -0.3 is 24.3 Å². The van der Waals surface area contributed by atoms with Crippen LogP contribution in [0.4, 0.5) is 5.82 Å². The molecule has 8 nitrogen and oxygen atoms in total. The molecule has 1 N–H and O–H groups in total. The lowest BCUT2D eigenvalue weighted by atomic mass is 10.1. The second kappa shape index (κ2) is 8.83. The summed E-state index contributed by atoms with van der Waals surface area (Å²) in [6.07, 6.45) is 3.57. The summed E-state index contributed by atoms with van der Waals surface area (Å²) in [6, 6.07) is 13.5. The molecule has 0 unspecified atom stereocenters. The summed E-state index contributed by atoms with van der Waals surface area (Å²) in [5.74, 6) is 3.38. The number of hydrogen-bond acceptors (Lipinski definition) is 7. The van der Waals surface area contributed by atoms with Crippen molar-refractivity contribution in [3.05, 3.63) is 60.4 Å². The van der Waals surface area contributed by atoms with Crippen molar-refractivity contribution >= 4 is 11.5 Å². The van der Waals surface area contributed by atoms with E-state index in [1.54, 1.807) is 39.2 Å². The molecule has 0 aliphatic rings. The third-order valence-electron chi connectivity index (χ3n) is 4.98. The van der Waals surface area contributed by atoms with Gasteiger partial charge in [-0.05, 0) is 41.5 Å². The molecular formula is C23H24N4O4. The zero-order valence-corrected chi connectivity index (χ0v) is 17.9. The molecule has 0 spiro atoms. The van der Waals surface area contributed by atoms with Gasteiger partial charge in [0.1, 0.15) is 11.6 Å². The molecule has 4 rings (SSSR count). The maximum Gasteiger partial charge on any atom is 0.203 e. The lowest BCUT2D eigenvalue weighted by molar-refractivity contribution is 0.324. The van der Waals surface area contributed by atoms with Crippen molar-refractivity contribution in [3.63, 3.8) is 0 Å². The molecule has 8 heteroatoms. The Morgan fingerprint density at radius 1 is 0.903 bits per heavy atom. The van der Waals surface area contributed by atoms with E-state index in [9.17, 15) is 0 Å². The molecular weight excluding hydrogens is 396 g/mol. The van der Waals surface area contributed by atoms with Crippen LogP contribution < -0.4 is 24.3 Å². The molecule has 4 aromatic rings. The minimum Gasteiger partial charge on any atom is -0.497 e. The van der Waals surface area contributed by atoms with E-state index >= 15 is 0 Å². The summed E-state index contributed by atoms with van der Waals surface area (Å²) in [7, 11) is 6.44. The lowest BCUT2D eigenvalue weighted by Gasteiger charge is -2.15. The first-order valence-electron chi connectivity index (χ1n) is 9.68. The SMILES string of the molecule is COc1cccc(-c2cnn3c(NCc4cc(OC)c(OC)c(OC)c4)ccnc23)c1. The molecule has 0 aliphatic carbocycles. The first kappa shape index (κ1) is 20.3. The molecule has 0 bridgehead atoms. The van der Waals surface area contributed by atoms with Gasteiger partial charge in [-0.2, -0.15) is 9.61 Å². The fourth-order valence-electron chi connectivity index (χ4n) is 3.45. The van der Waals surface area contributed by atoms with Crippen molar-refractivity contribution in [1.82, 2.24) is 14.6 Å². The molecule has 2 heterocycles. The van der Waals surface area contributed by atoms with Crippen LogP contribution in [0.25, 0.3) is 16.8 Å². The van der Waals surface area contributed by atoms with Crippen LogP contribution in [0.5, 0.6) is 23.0 Å². The van der Waals surface area contributed by atoms with Crippen LogP contribution >= 0.6 is 0 Å². The first-order valence-corrected chi connectivity index (χ1v) is 9.68. The van der Waals surface area contributed by atoms with Crippen LogP contribution in [-0.4, -0.2) is 43.0 Å². The summed E-state index contributed by atoms with van der Waals surface area (Å²) in [5, 5.41) is 7.95. The summed E-state index contributed by atoms with van der Waals surface area (Å²) in [4.78, 5) is 4.53. The fraction of sp³-hybridized carbons (Fsp3) is 0.217. The zero-order valence-electron chi connectivity index (χ0n) is 17.9. The van der Waals surface area contributed by atoms with Crippen molar-refractivity contribution in [3.8, 4) is 34.1 Å². The van der Waals surface area contributed by atoms with E-state index in [1.165, 1.54) is 0 Å². The van der Waals surface area contributed by atoms with Crippen LogP contribution in [0, 0.1) is 0 Å². The monoisotopic (exact) mass is 420 g/mol. The van der Waals surface area contributed by atoms with Crippen LogP contribution in [0.2, 0.25) is 0 Å². The van der Waals surface area contributed by atoms with Crippen LogP contribution in [0.15, 0.2) is 54.9 Å². The topological polar surface area (TPSA) is 79.1 Å². The quantitative estimate of drug-likeness (QED) is 0.461. The molecule has 0 aliphatic heterocycles. The van der Waals surface area contributed by atoms with E-state index in [0.717, 1.165) is 33.9 Å². The molecule has 0 amide bonds. The molecule has 0 radical (unpaired) electrons. The molecule has 2 aromatic carbocycles. The van der Waals surface area contributed by atoms with Gasteiger partial charge >= 0.3 is 0 Å². The van der Waals surface area contributed by atoms with Gasteiger partial charge in [0, 0.05) is 18.3 Å². The van der Waals surface area contributed by atoms with E-state index in [0.29, 0.717) is 23.8 Å². The summed E-state index contributed by atoms with van der Waals surface area (Å²) in [5.41, 5.74) is 3.64. The third kappa shape index (κ3) is 3.92. The molecule has 160 valence electrons. The van der Waals surface area contributed by atoms with E-state index in [1.807, 2.05) is 48.7 Å². The number of rotatable bonds is 8. The van der Waals surface area contributed by atoms with Crippen molar-refractivity contribution in [2.75, 3.05) is 33.8 Å². The standard InChI is InChI=1S/C23H24N4O4/c1-28-17-7-5-6-16(12-17)18-14-26-27-21(8-9-24-23(18)27)25-13-15-10-19(29-2)22(31-4)20(11-15)30-3/h5-12,14,25H,13H2,1-4H3. The molecule has 0 saturated carbocycles. The van der Waals surface area contributed by atoms with Crippen LogP contribution in [0.3, 0.4) is 0 Å². The number of benzene rings is 2. The van der Waals surface area contributed by atoms with Crippen LogP contribution in [-0.2, 0) is 6.54 Å². The predicted molar refractivity (Wildman–Crippen MR) is 118 cm³/mol. The van der Waals surface area contributed by atoms with Crippen molar-refractivity contribution < 1.29 is 18.9 Å². The smallest absolute Gasteiger partial charge is 0.203 e. The Kier molecular flexibility index (Phi) is 5.79. The molecule has 0 saturated heterocycles. The van der Waals surface area contributed by atoms with Gasteiger partial charge in [0.05, 0.1) is 34.6 Å². The number of anilines is 1. The Hall–Kier alpha value is -3.94. The number of ether oxygens (including phenoxy) is 4. The van der Waals surface area contributed by atoms with Gasteiger partial charge in [-0.15, -0.1) is 0 Å².